The second-order valence-electron chi connectivity index (χ2n) is 9.63. The first-order valence-electron chi connectivity index (χ1n) is 12.2. The van der Waals surface area contributed by atoms with Gasteiger partial charge in [-0.2, -0.15) is 4.98 Å². The van der Waals surface area contributed by atoms with E-state index in [-0.39, 0.29) is 25.5 Å². The summed E-state index contributed by atoms with van der Waals surface area (Å²) >= 11 is 0. The lowest BCUT2D eigenvalue weighted by molar-refractivity contribution is -0.154. The van der Waals surface area contributed by atoms with Crippen molar-refractivity contribution < 1.29 is 27.7 Å². The van der Waals surface area contributed by atoms with Crippen molar-refractivity contribution in [3.8, 4) is 0 Å². The molecule has 1 atom stereocenters. The van der Waals surface area contributed by atoms with Gasteiger partial charge in [0.25, 0.3) is 0 Å². The third-order valence-corrected chi connectivity index (χ3v) is 8.12. The van der Waals surface area contributed by atoms with Crippen LogP contribution in [0.2, 0.25) is 0 Å². The zero-order valence-corrected chi connectivity index (χ0v) is 21.8. The maximum absolute atomic E-state index is 13.4. The van der Waals surface area contributed by atoms with Crippen LogP contribution in [0.15, 0.2) is 28.8 Å². The van der Waals surface area contributed by atoms with E-state index < -0.39 is 24.8 Å². The van der Waals surface area contributed by atoms with Crippen LogP contribution >= 0.6 is 7.60 Å². The lowest BCUT2D eigenvalue weighted by Crippen LogP contribution is -2.34. The summed E-state index contributed by atoms with van der Waals surface area (Å²) in [7, 11) is -3.81. The number of benzene rings is 1. The molecular formula is C25H37N2O6P. The van der Waals surface area contributed by atoms with E-state index in [1.807, 2.05) is 0 Å². The van der Waals surface area contributed by atoms with Gasteiger partial charge in [-0.3, -0.25) is 9.36 Å². The smallest absolute Gasteiger partial charge is 0.345 e. The van der Waals surface area contributed by atoms with Gasteiger partial charge in [0.1, 0.15) is 5.60 Å². The summed E-state index contributed by atoms with van der Waals surface area (Å²) in [6.45, 7) is 8.89. The quantitative estimate of drug-likeness (QED) is 0.285. The molecule has 0 spiro atoms. The third kappa shape index (κ3) is 7.24. The highest BCUT2D eigenvalue weighted by Gasteiger charge is 2.44. The molecule has 1 aliphatic carbocycles. The van der Waals surface area contributed by atoms with E-state index >= 15 is 0 Å². The van der Waals surface area contributed by atoms with Crippen LogP contribution in [0.5, 0.6) is 0 Å². The summed E-state index contributed by atoms with van der Waals surface area (Å²) in [5.41, 5.74) is 0.499. The number of esters is 1. The van der Waals surface area contributed by atoms with Crippen LogP contribution in [-0.2, 0) is 36.0 Å². The molecule has 3 rings (SSSR count). The number of carbonyl (C=O) groups is 1. The summed E-state index contributed by atoms with van der Waals surface area (Å²) < 4.78 is 35.2. The van der Waals surface area contributed by atoms with Gasteiger partial charge >= 0.3 is 13.6 Å². The van der Waals surface area contributed by atoms with Gasteiger partial charge in [0, 0.05) is 6.42 Å². The second kappa shape index (κ2) is 11.6. The SMILES string of the molecule is CCOP(=O)(OCC)C(Cc1nc(Cc2ccc(C3CCCC3)cc2)no1)C(=O)OC(C)(C)C. The summed E-state index contributed by atoms with van der Waals surface area (Å²) in [6, 6.07) is 8.58. The van der Waals surface area contributed by atoms with Crippen molar-refractivity contribution in [2.45, 2.75) is 90.3 Å². The van der Waals surface area contributed by atoms with Crippen LogP contribution in [0.1, 0.15) is 89.1 Å². The normalized spacial score (nSPS) is 16.0. The number of aromatic nitrogens is 2. The minimum Gasteiger partial charge on any atom is -0.459 e. The molecule has 1 unspecified atom stereocenters. The number of nitrogens with zero attached hydrogens (tertiary/aromatic N) is 2. The average Bonchev–Trinajstić information content (AvgIpc) is 3.44. The van der Waals surface area contributed by atoms with E-state index in [1.165, 1.54) is 31.2 Å². The molecule has 0 saturated heterocycles. The molecule has 1 heterocycles. The van der Waals surface area contributed by atoms with Crippen molar-refractivity contribution in [3.63, 3.8) is 0 Å². The lowest BCUT2D eigenvalue weighted by Gasteiger charge is -2.27. The first-order chi connectivity index (χ1) is 16.1. The number of hydrogen-bond acceptors (Lipinski definition) is 8. The van der Waals surface area contributed by atoms with Gasteiger partial charge < -0.3 is 18.3 Å². The molecule has 0 N–H and O–H groups in total. The Morgan fingerprint density at radius 1 is 1.12 bits per heavy atom. The fourth-order valence-corrected chi connectivity index (χ4v) is 6.08. The maximum atomic E-state index is 13.4. The Balaban J connectivity index is 1.73. The van der Waals surface area contributed by atoms with E-state index in [0.717, 1.165) is 5.56 Å². The Morgan fingerprint density at radius 2 is 1.74 bits per heavy atom. The van der Waals surface area contributed by atoms with Gasteiger partial charge in [-0.1, -0.05) is 42.3 Å². The molecule has 8 nitrogen and oxygen atoms in total. The van der Waals surface area contributed by atoms with E-state index in [2.05, 4.69) is 34.4 Å². The number of carbonyl (C=O) groups excluding carboxylic acids is 1. The fourth-order valence-electron chi connectivity index (χ4n) is 4.23. The standard InChI is InChI=1S/C25H37N2O6P/c1-6-30-34(29,31-7-2)21(24(28)32-25(3,4)5)17-23-26-22(27-33-23)16-18-12-14-20(15-13-18)19-10-8-9-11-19/h12-15,19,21H,6-11,16-17H2,1-5H3. The highest BCUT2D eigenvalue weighted by atomic mass is 31.2. The third-order valence-electron chi connectivity index (χ3n) is 5.73. The molecule has 188 valence electrons. The summed E-state index contributed by atoms with van der Waals surface area (Å²) in [5.74, 6) is 0.671. The van der Waals surface area contributed by atoms with Gasteiger partial charge in [-0.25, -0.2) is 0 Å². The van der Waals surface area contributed by atoms with E-state index in [1.54, 1.807) is 34.6 Å². The van der Waals surface area contributed by atoms with Crippen molar-refractivity contribution in [3.05, 3.63) is 47.1 Å². The number of hydrogen-bond donors (Lipinski definition) is 0. The highest BCUT2D eigenvalue weighted by Crippen LogP contribution is 2.54. The Bertz CT molecular complexity index is 966. The van der Waals surface area contributed by atoms with Crippen LogP contribution < -0.4 is 0 Å². The Hall–Kier alpha value is -2.02. The van der Waals surface area contributed by atoms with Crippen molar-refractivity contribution in [2.24, 2.45) is 0 Å². The molecular weight excluding hydrogens is 455 g/mol. The molecule has 1 fully saturated rings. The van der Waals surface area contributed by atoms with Gasteiger partial charge in [-0.05, 0) is 64.5 Å². The first kappa shape index (κ1) is 26.6. The molecule has 1 aliphatic rings. The topological polar surface area (TPSA) is 101 Å². The van der Waals surface area contributed by atoms with Crippen molar-refractivity contribution in [2.75, 3.05) is 13.2 Å². The van der Waals surface area contributed by atoms with Crippen molar-refractivity contribution in [1.29, 1.82) is 0 Å². The van der Waals surface area contributed by atoms with Crippen molar-refractivity contribution >= 4 is 13.6 Å². The minimum atomic E-state index is -3.81. The van der Waals surface area contributed by atoms with Gasteiger partial charge in [-0.15, -0.1) is 0 Å². The van der Waals surface area contributed by atoms with E-state index in [0.29, 0.717) is 18.2 Å². The minimum absolute atomic E-state index is 0.0974. The zero-order chi connectivity index (χ0) is 24.8. The van der Waals surface area contributed by atoms with Crippen LogP contribution in [0, 0.1) is 0 Å². The molecule has 1 aromatic carbocycles. The van der Waals surface area contributed by atoms with Crippen LogP contribution in [0.25, 0.3) is 0 Å². The molecule has 1 saturated carbocycles. The molecule has 0 aliphatic heterocycles. The number of rotatable bonds is 11. The molecule has 0 amide bonds. The van der Waals surface area contributed by atoms with E-state index in [9.17, 15) is 9.36 Å². The zero-order valence-electron chi connectivity index (χ0n) is 20.9. The largest absolute Gasteiger partial charge is 0.459 e. The van der Waals surface area contributed by atoms with Gasteiger partial charge in [0.2, 0.25) is 5.89 Å². The van der Waals surface area contributed by atoms with Gasteiger partial charge in [0.05, 0.1) is 19.6 Å². The maximum Gasteiger partial charge on any atom is 0.345 e. The van der Waals surface area contributed by atoms with Crippen LogP contribution in [-0.4, -0.2) is 40.6 Å². The molecule has 2 aromatic rings. The molecule has 0 bridgehead atoms. The summed E-state index contributed by atoms with van der Waals surface area (Å²) in [6.07, 6.45) is 5.54. The number of ether oxygens (including phenoxy) is 1. The van der Waals surface area contributed by atoms with Crippen molar-refractivity contribution in [1.82, 2.24) is 10.1 Å². The van der Waals surface area contributed by atoms with E-state index in [4.69, 9.17) is 18.3 Å². The van der Waals surface area contributed by atoms with Crippen LogP contribution in [0.4, 0.5) is 0 Å². The fraction of sp³-hybridized carbons (Fsp3) is 0.640. The average molecular weight is 493 g/mol. The Morgan fingerprint density at radius 3 is 2.29 bits per heavy atom. The predicted octanol–water partition coefficient (Wildman–Crippen LogP) is 5.84. The lowest BCUT2D eigenvalue weighted by atomic mass is 9.96. The second-order valence-corrected chi connectivity index (χ2v) is 11.9. The molecule has 9 heteroatoms. The molecule has 0 radical (unpaired) electrons. The molecule has 1 aromatic heterocycles. The Labute approximate surface area is 202 Å². The Kier molecular flexibility index (Phi) is 9.07. The predicted molar refractivity (Wildman–Crippen MR) is 129 cm³/mol. The van der Waals surface area contributed by atoms with Gasteiger partial charge in [0.15, 0.2) is 11.5 Å². The first-order valence-corrected chi connectivity index (χ1v) is 13.8. The monoisotopic (exact) mass is 492 g/mol. The highest BCUT2D eigenvalue weighted by molar-refractivity contribution is 7.55. The molecule has 34 heavy (non-hydrogen) atoms. The van der Waals surface area contributed by atoms with Crippen LogP contribution in [0.3, 0.4) is 0 Å². The summed E-state index contributed by atoms with van der Waals surface area (Å²) in [5, 5.41) is 4.06. The summed E-state index contributed by atoms with van der Waals surface area (Å²) in [4.78, 5) is 17.4.